The average Bonchev–Trinajstić information content (AvgIpc) is 2.42. The molecule has 2 N–H and O–H groups in total. The van der Waals surface area contributed by atoms with Gasteiger partial charge in [-0.2, -0.15) is 0 Å². The molecule has 0 radical (unpaired) electrons. The SMILES string of the molecule is CN(C)c1cccc(Oc2cc(Br)ccc2CCN)c1. The molecule has 2 aromatic rings. The lowest BCUT2D eigenvalue weighted by Gasteiger charge is -2.15. The molecule has 0 spiro atoms. The number of hydrogen-bond donors (Lipinski definition) is 1. The van der Waals surface area contributed by atoms with Crippen molar-refractivity contribution in [3.8, 4) is 11.5 Å². The number of nitrogens with two attached hydrogens (primary N) is 1. The second-order valence-electron chi connectivity index (χ2n) is 4.78. The first-order chi connectivity index (χ1) is 9.60. The third kappa shape index (κ3) is 3.74. The zero-order valence-electron chi connectivity index (χ0n) is 11.8. The van der Waals surface area contributed by atoms with Crippen LogP contribution in [0.25, 0.3) is 0 Å². The lowest BCUT2D eigenvalue weighted by atomic mass is 10.1. The van der Waals surface area contributed by atoms with Crippen LogP contribution in [0.5, 0.6) is 11.5 Å². The fraction of sp³-hybridized carbons (Fsp3) is 0.250. The van der Waals surface area contributed by atoms with Gasteiger partial charge in [-0.3, -0.25) is 0 Å². The zero-order valence-corrected chi connectivity index (χ0v) is 13.4. The Morgan fingerprint density at radius 1 is 1.15 bits per heavy atom. The van der Waals surface area contributed by atoms with Crippen LogP contribution < -0.4 is 15.4 Å². The number of rotatable bonds is 5. The van der Waals surface area contributed by atoms with E-state index in [0.29, 0.717) is 6.54 Å². The Kier molecular flexibility index (Phi) is 5.04. The van der Waals surface area contributed by atoms with E-state index in [9.17, 15) is 0 Å². The molecule has 0 fully saturated rings. The monoisotopic (exact) mass is 334 g/mol. The van der Waals surface area contributed by atoms with Gasteiger partial charge in [0, 0.05) is 30.3 Å². The fourth-order valence-electron chi connectivity index (χ4n) is 1.94. The number of ether oxygens (including phenoxy) is 1. The summed E-state index contributed by atoms with van der Waals surface area (Å²) in [6.07, 6.45) is 0.802. The van der Waals surface area contributed by atoms with Crippen molar-refractivity contribution < 1.29 is 4.74 Å². The van der Waals surface area contributed by atoms with Crippen molar-refractivity contribution >= 4 is 21.6 Å². The maximum absolute atomic E-state index is 6.02. The van der Waals surface area contributed by atoms with Gasteiger partial charge in [0.2, 0.25) is 0 Å². The van der Waals surface area contributed by atoms with Crippen molar-refractivity contribution in [3.05, 3.63) is 52.5 Å². The van der Waals surface area contributed by atoms with Crippen LogP contribution in [-0.4, -0.2) is 20.6 Å². The van der Waals surface area contributed by atoms with Crippen LogP contribution in [0.15, 0.2) is 46.9 Å². The fourth-order valence-corrected chi connectivity index (χ4v) is 2.28. The van der Waals surface area contributed by atoms with Crippen LogP contribution in [0.2, 0.25) is 0 Å². The third-order valence-corrected chi connectivity index (χ3v) is 3.50. The number of benzene rings is 2. The smallest absolute Gasteiger partial charge is 0.131 e. The van der Waals surface area contributed by atoms with Gasteiger partial charge in [0.05, 0.1) is 0 Å². The molecule has 0 saturated heterocycles. The van der Waals surface area contributed by atoms with Crippen LogP contribution in [0.4, 0.5) is 5.69 Å². The molecule has 0 atom stereocenters. The first-order valence-corrected chi connectivity index (χ1v) is 7.33. The average molecular weight is 335 g/mol. The van der Waals surface area contributed by atoms with Crippen molar-refractivity contribution in [1.82, 2.24) is 0 Å². The number of anilines is 1. The van der Waals surface area contributed by atoms with Gasteiger partial charge in [-0.05, 0) is 42.8 Å². The van der Waals surface area contributed by atoms with Gasteiger partial charge in [-0.15, -0.1) is 0 Å². The summed E-state index contributed by atoms with van der Waals surface area (Å²) in [5.74, 6) is 1.67. The lowest BCUT2D eigenvalue weighted by Crippen LogP contribution is -2.08. The van der Waals surface area contributed by atoms with Crippen LogP contribution in [0.3, 0.4) is 0 Å². The van der Waals surface area contributed by atoms with Crippen LogP contribution >= 0.6 is 15.9 Å². The molecule has 106 valence electrons. The summed E-state index contributed by atoms with van der Waals surface area (Å²) in [5, 5.41) is 0. The Balaban J connectivity index is 2.29. The predicted molar refractivity (Wildman–Crippen MR) is 87.7 cm³/mol. The number of nitrogens with zero attached hydrogens (tertiary/aromatic N) is 1. The molecule has 0 bridgehead atoms. The molecule has 4 heteroatoms. The van der Waals surface area contributed by atoms with Crippen molar-refractivity contribution in [2.45, 2.75) is 6.42 Å². The van der Waals surface area contributed by atoms with Crippen LogP contribution in [0, 0.1) is 0 Å². The van der Waals surface area contributed by atoms with Gasteiger partial charge in [0.15, 0.2) is 0 Å². The maximum atomic E-state index is 6.02. The highest BCUT2D eigenvalue weighted by molar-refractivity contribution is 9.10. The minimum atomic E-state index is 0.607. The molecule has 0 amide bonds. The maximum Gasteiger partial charge on any atom is 0.131 e. The summed E-state index contributed by atoms with van der Waals surface area (Å²) in [4.78, 5) is 2.05. The normalized spacial score (nSPS) is 10.4. The van der Waals surface area contributed by atoms with Gasteiger partial charge in [-0.25, -0.2) is 0 Å². The molecule has 0 heterocycles. The Bertz CT molecular complexity index is 584. The summed E-state index contributed by atoms with van der Waals surface area (Å²) >= 11 is 3.48. The molecule has 0 aliphatic carbocycles. The van der Waals surface area contributed by atoms with E-state index in [1.807, 2.05) is 50.5 Å². The van der Waals surface area contributed by atoms with Crippen LogP contribution in [-0.2, 0) is 6.42 Å². The standard InChI is InChI=1S/C16H19BrN2O/c1-19(2)14-4-3-5-15(11-14)20-16-10-13(17)7-6-12(16)8-9-18/h3-7,10-11H,8-9,18H2,1-2H3. The van der Waals surface area contributed by atoms with Crippen molar-refractivity contribution in [2.24, 2.45) is 5.73 Å². The highest BCUT2D eigenvalue weighted by Gasteiger charge is 2.06. The molecule has 2 aromatic carbocycles. The minimum Gasteiger partial charge on any atom is -0.457 e. The van der Waals surface area contributed by atoms with E-state index < -0.39 is 0 Å². The first-order valence-electron chi connectivity index (χ1n) is 6.54. The summed E-state index contributed by atoms with van der Waals surface area (Å²) in [6, 6.07) is 14.1. The van der Waals surface area contributed by atoms with Crippen molar-refractivity contribution in [1.29, 1.82) is 0 Å². The van der Waals surface area contributed by atoms with E-state index in [2.05, 4.69) is 26.9 Å². The number of halogens is 1. The lowest BCUT2D eigenvalue weighted by molar-refractivity contribution is 0.476. The summed E-state index contributed by atoms with van der Waals surface area (Å²) in [6.45, 7) is 0.607. The molecule has 2 rings (SSSR count). The molecule has 3 nitrogen and oxygen atoms in total. The van der Waals surface area contributed by atoms with Gasteiger partial charge in [0.1, 0.15) is 11.5 Å². The van der Waals surface area contributed by atoms with Crippen molar-refractivity contribution in [3.63, 3.8) is 0 Å². The van der Waals surface area contributed by atoms with E-state index in [0.717, 1.165) is 33.6 Å². The second kappa shape index (κ2) is 6.77. The molecular formula is C16H19BrN2O. The molecule has 0 saturated carbocycles. The predicted octanol–water partition coefficient (Wildman–Crippen LogP) is 3.81. The highest BCUT2D eigenvalue weighted by Crippen LogP contribution is 2.30. The Hall–Kier alpha value is -1.52. The van der Waals surface area contributed by atoms with Gasteiger partial charge in [-0.1, -0.05) is 28.1 Å². The van der Waals surface area contributed by atoms with E-state index >= 15 is 0 Å². The largest absolute Gasteiger partial charge is 0.457 e. The zero-order chi connectivity index (χ0) is 14.5. The minimum absolute atomic E-state index is 0.607. The quantitative estimate of drug-likeness (QED) is 0.903. The van der Waals surface area contributed by atoms with E-state index in [4.69, 9.17) is 10.5 Å². The third-order valence-electron chi connectivity index (χ3n) is 3.00. The summed E-state index contributed by atoms with van der Waals surface area (Å²) < 4.78 is 7.02. The van der Waals surface area contributed by atoms with Gasteiger partial charge >= 0.3 is 0 Å². The molecule has 20 heavy (non-hydrogen) atoms. The molecule has 0 aliphatic heterocycles. The summed E-state index contributed by atoms with van der Waals surface area (Å²) in [5.41, 5.74) is 7.88. The van der Waals surface area contributed by atoms with Crippen molar-refractivity contribution in [2.75, 3.05) is 25.5 Å². The first kappa shape index (κ1) is 14.9. The molecule has 0 aromatic heterocycles. The molecule has 0 unspecified atom stereocenters. The molecular weight excluding hydrogens is 316 g/mol. The van der Waals surface area contributed by atoms with Gasteiger partial charge in [0.25, 0.3) is 0 Å². The Labute approximate surface area is 128 Å². The molecule has 0 aliphatic rings. The second-order valence-corrected chi connectivity index (χ2v) is 5.70. The topological polar surface area (TPSA) is 38.5 Å². The van der Waals surface area contributed by atoms with E-state index in [1.165, 1.54) is 0 Å². The van der Waals surface area contributed by atoms with E-state index in [-0.39, 0.29) is 0 Å². The number of hydrogen-bond acceptors (Lipinski definition) is 3. The Morgan fingerprint density at radius 2 is 1.95 bits per heavy atom. The Morgan fingerprint density at radius 3 is 2.65 bits per heavy atom. The highest BCUT2D eigenvalue weighted by atomic mass is 79.9. The van der Waals surface area contributed by atoms with Crippen LogP contribution in [0.1, 0.15) is 5.56 Å². The van der Waals surface area contributed by atoms with Gasteiger partial charge < -0.3 is 15.4 Å². The van der Waals surface area contributed by atoms with E-state index in [1.54, 1.807) is 0 Å². The summed E-state index contributed by atoms with van der Waals surface area (Å²) in [7, 11) is 4.02.